The van der Waals surface area contributed by atoms with E-state index in [1.54, 1.807) is 22.7 Å². The Morgan fingerprint density at radius 1 is 1.04 bits per heavy atom. The standard InChI is InChI=1S/C19H15NOS2/c1-13-5-3-6-16(14(13)2)20-19(21)11-9-15-8-10-18(23-15)17-7-4-12-22-17/h3-8,10,12H,1-2H3,(H,20,21). The van der Waals surface area contributed by atoms with Crippen LogP contribution in [0.1, 0.15) is 16.0 Å². The number of aryl methyl sites for hydroxylation is 1. The first-order valence-corrected chi connectivity index (χ1v) is 8.86. The quantitative estimate of drug-likeness (QED) is 0.649. The normalized spacial score (nSPS) is 10.0. The highest BCUT2D eigenvalue weighted by atomic mass is 32.1. The molecule has 0 atom stereocenters. The third-order valence-corrected chi connectivity index (χ3v) is 5.59. The van der Waals surface area contributed by atoms with Crippen molar-refractivity contribution in [3.05, 3.63) is 63.8 Å². The Kier molecular flexibility index (Phi) is 4.61. The highest BCUT2D eigenvalue weighted by Crippen LogP contribution is 2.31. The topological polar surface area (TPSA) is 29.1 Å². The van der Waals surface area contributed by atoms with Crippen molar-refractivity contribution in [1.82, 2.24) is 0 Å². The maximum atomic E-state index is 12.0. The Hall–Kier alpha value is -2.35. The van der Waals surface area contributed by atoms with Gasteiger partial charge >= 0.3 is 5.91 Å². The van der Waals surface area contributed by atoms with Gasteiger partial charge in [0.25, 0.3) is 0 Å². The van der Waals surface area contributed by atoms with E-state index in [4.69, 9.17) is 0 Å². The van der Waals surface area contributed by atoms with E-state index in [1.165, 1.54) is 9.75 Å². The lowest BCUT2D eigenvalue weighted by Crippen LogP contribution is -2.09. The summed E-state index contributed by atoms with van der Waals surface area (Å²) in [5.74, 6) is 5.32. The molecule has 3 rings (SSSR count). The lowest BCUT2D eigenvalue weighted by molar-refractivity contribution is -0.111. The van der Waals surface area contributed by atoms with Crippen LogP contribution < -0.4 is 5.32 Å². The molecule has 1 amide bonds. The van der Waals surface area contributed by atoms with Crippen LogP contribution in [0.3, 0.4) is 0 Å². The number of thiophene rings is 2. The first kappa shape index (κ1) is 15.5. The van der Waals surface area contributed by atoms with Crippen molar-refractivity contribution >= 4 is 34.3 Å². The molecular formula is C19H15NOS2. The van der Waals surface area contributed by atoms with Crippen molar-refractivity contribution in [3.8, 4) is 21.6 Å². The van der Waals surface area contributed by atoms with Crippen molar-refractivity contribution in [3.63, 3.8) is 0 Å². The second-order valence-electron chi connectivity index (χ2n) is 5.09. The van der Waals surface area contributed by atoms with E-state index in [9.17, 15) is 4.79 Å². The minimum absolute atomic E-state index is 0.287. The van der Waals surface area contributed by atoms with Crippen LogP contribution in [0.25, 0.3) is 9.75 Å². The molecule has 0 saturated carbocycles. The largest absolute Gasteiger partial charge is 0.315 e. The number of hydrogen-bond donors (Lipinski definition) is 1. The van der Waals surface area contributed by atoms with Crippen molar-refractivity contribution in [2.45, 2.75) is 13.8 Å². The van der Waals surface area contributed by atoms with E-state index in [-0.39, 0.29) is 5.91 Å². The number of amides is 1. The van der Waals surface area contributed by atoms with E-state index in [2.05, 4.69) is 28.6 Å². The summed E-state index contributed by atoms with van der Waals surface area (Å²) in [4.78, 5) is 15.3. The molecule has 1 N–H and O–H groups in total. The predicted octanol–water partition coefficient (Wildman–Crippen LogP) is 5.08. The first-order chi connectivity index (χ1) is 11.1. The Morgan fingerprint density at radius 2 is 1.91 bits per heavy atom. The van der Waals surface area contributed by atoms with Crippen molar-refractivity contribution in [2.24, 2.45) is 0 Å². The molecule has 2 heterocycles. The molecule has 3 aromatic rings. The SMILES string of the molecule is Cc1cccc(NC(=O)C#Cc2ccc(-c3cccs3)s2)c1C. The molecule has 0 aliphatic carbocycles. The molecule has 0 unspecified atom stereocenters. The molecule has 114 valence electrons. The van der Waals surface area contributed by atoms with Gasteiger partial charge in [-0.1, -0.05) is 18.2 Å². The Morgan fingerprint density at radius 3 is 2.70 bits per heavy atom. The van der Waals surface area contributed by atoms with Crippen LogP contribution in [0.5, 0.6) is 0 Å². The Labute approximate surface area is 143 Å². The molecule has 2 nitrogen and oxygen atoms in total. The fraction of sp³-hybridized carbons (Fsp3) is 0.105. The number of anilines is 1. The van der Waals surface area contributed by atoms with Crippen LogP contribution >= 0.6 is 22.7 Å². The van der Waals surface area contributed by atoms with Gasteiger partial charge in [0.2, 0.25) is 0 Å². The van der Waals surface area contributed by atoms with E-state index >= 15 is 0 Å². The summed E-state index contributed by atoms with van der Waals surface area (Å²) in [5, 5.41) is 4.90. The highest BCUT2D eigenvalue weighted by Gasteiger charge is 2.04. The van der Waals surface area contributed by atoms with Crippen molar-refractivity contribution < 1.29 is 4.79 Å². The first-order valence-electron chi connectivity index (χ1n) is 7.16. The second-order valence-corrected chi connectivity index (χ2v) is 7.12. The summed E-state index contributed by atoms with van der Waals surface area (Å²) in [7, 11) is 0. The molecule has 23 heavy (non-hydrogen) atoms. The molecular weight excluding hydrogens is 322 g/mol. The molecule has 2 aromatic heterocycles. The third-order valence-electron chi connectivity index (χ3n) is 3.52. The van der Waals surface area contributed by atoms with Gasteiger partial charge in [-0.2, -0.15) is 0 Å². The molecule has 0 aliphatic heterocycles. The zero-order chi connectivity index (χ0) is 16.2. The predicted molar refractivity (Wildman–Crippen MR) is 99.1 cm³/mol. The van der Waals surface area contributed by atoms with Gasteiger partial charge in [0.05, 0.1) is 4.88 Å². The van der Waals surface area contributed by atoms with Crippen LogP contribution in [0.15, 0.2) is 47.8 Å². The highest BCUT2D eigenvalue weighted by molar-refractivity contribution is 7.21. The molecule has 0 saturated heterocycles. The molecule has 0 bridgehead atoms. The molecule has 0 aliphatic rings. The number of carbonyl (C=O) groups is 1. The van der Waals surface area contributed by atoms with Crippen LogP contribution in [0.4, 0.5) is 5.69 Å². The van der Waals surface area contributed by atoms with Crippen molar-refractivity contribution in [2.75, 3.05) is 5.32 Å². The van der Waals surface area contributed by atoms with Gasteiger partial charge in [-0.25, -0.2) is 0 Å². The van der Waals surface area contributed by atoms with Gasteiger partial charge in [-0.15, -0.1) is 22.7 Å². The second kappa shape index (κ2) is 6.82. The third kappa shape index (κ3) is 3.70. The minimum Gasteiger partial charge on any atom is -0.315 e. The van der Waals surface area contributed by atoms with Gasteiger partial charge in [0, 0.05) is 21.4 Å². The maximum absolute atomic E-state index is 12.0. The lowest BCUT2D eigenvalue weighted by atomic mass is 10.1. The summed E-state index contributed by atoms with van der Waals surface area (Å²) in [6.07, 6.45) is 0. The monoisotopic (exact) mass is 337 g/mol. The van der Waals surface area contributed by atoms with Gasteiger partial charge in [-0.3, -0.25) is 4.79 Å². The van der Waals surface area contributed by atoms with Crippen molar-refractivity contribution in [1.29, 1.82) is 0 Å². The van der Waals surface area contributed by atoms with Gasteiger partial charge in [0.1, 0.15) is 0 Å². The molecule has 1 aromatic carbocycles. The van der Waals surface area contributed by atoms with E-state index < -0.39 is 0 Å². The molecule has 0 spiro atoms. The average molecular weight is 337 g/mol. The summed E-state index contributed by atoms with van der Waals surface area (Å²) < 4.78 is 0. The number of hydrogen-bond acceptors (Lipinski definition) is 3. The number of nitrogens with one attached hydrogen (secondary N) is 1. The fourth-order valence-electron chi connectivity index (χ4n) is 2.11. The summed E-state index contributed by atoms with van der Waals surface area (Å²) in [6, 6.07) is 14.0. The summed E-state index contributed by atoms with van der Waals surface area (Å²) in [6.45, 7) is 4.01. The van der Waals surface area contributed by atoms with Gasteiger partial charge < -0.3 is 5.32 Å². The van der Waals surface area contributed by atoms with Crippen LogP contribution in [-0.2, 0) is 4.79 Å². The average Bonchev–Trinajstić information content (AvgIpc) is 3.20. The van der Waals surface area contributed by atoms with E-state index in [1.807, 2.05) is 50.2 Å². The fourth-order valence-corrected chi connectivity index (χ4v) is 3.81. The summed E-state index contributed by atoms with van der Waals surface area (Å²) in [5.41, 5.74) is 3.03. The Balaban J connectivity index is 1.72. The van der Waals surface area contributed by atoms with Crippen LogP contribution in [-0.4, -0.2) is 5.91 Å². The van der Waals surface area contributed by atoms with E-state index in [0.29, 0.717) is 0 Å². The van der Waals surface area contributed by atoms with Crippen LogP contribution in [0, 0.1) is 25.7 Å². The maximum Gasteiger partial charge on any atom is 0.300 e. The summed E-state index contributed by atoms with van der Waals surface area (Å²) >= 11 is 3.30. The zero-order valence-corrected chi connectivity index (χ0v) is 14.5. The smallest absolute Gasteiger partial charge is 0.300 e. The number of rotatable bonds is 2. The molecule has 0 fully saturated rings. The van der Waals surface area contributed by atoms with Gasteiger partial charge in [0.15, 0.2) is 0 Å². The zero-order valence-electron chi connectivity index (χ0n) is 12.8. The number of carbonyl (C=O) groups excluding carboxylic acids is 1. The van der Waals surface area contributed by atoms with E-state index in [0.717, 1.165) is 21.7 Å². The molecule has 4 heteroatoms. The molecule has 0 radical (unpaired) electrons. The lowest BCUT2D eigenvalue weighted by Gasteiger charge is -2.07. The van der Waals surface area contributed by atoms with Crippen LogP contribution in [0.2, 0.25) is 0 Å². The number of benzene rings is 1. The minimum atomic E-state index is -0.287. The van der Waals surface area contributed by atoms with Gasteiger partial charge in [-0.05, 0) is 60.5 Å². The Bertz CT molecular complexity index is 895.